The maximum atomic E-state index is 14.8. The number of hydrogen-bond acceptors (Lipinski definition) is 24. The number of halogens is 3. The number of nitrogens with zero attached hydrogens (tertiary/aromatic N) is 14. The summed E-state index contributed by atoms with van der Waals surface area (Å²) in [6.45, 7) is 16.6. The second-order valence-corrected chi connectivity index (χ2v) is 26.6. The lowest BCUT2D eigenvalue weighted by Crippen LogP contribution is -2.33. The van der Waals surface area contributed by atoms with E-state index in [2.05, 4.69) is 51.7 Å². The predicted octanol–water partition coefficient (Wildman–Crippen LogP) is 2.00. The van der Waals surface area contributed by atoms with Crippen molar-refractivity contribution in [3.63, 3.8) is 0 Å². The lowest BCUT2D eigenvalue weighted by molar-refractivity contribution is -0.0745. The summed E-state index contributed by atoms with van der Waals surface area (Å²) in [6.07, 6.45) is 3.80. The molecule has 0 spiro atoms. The number of fused-ring (bicyclic) bond motifs is 4. The molecule has 0 unspecified atom stereocenters. The number of aryl methyl sites for hydroxylation is 1. The minimum absolute atomic E-state index is 0.0107. The van der Waals surface area contributed by atoms with E-state index in [1.54, 1.807) is 41.5 Å². The van der Waals surface area contributed by atoms with Crippen molar-refractivity contribution < 1.29 is 52.5 Å². The highest BCUT2D eigenvalue weighted by atomic mass is 19.1. The van der Waals surface area contributed by atoms with Crippen LogP contribution in [0.5, 0.6) is 0 Å². The number of aromatic amines is 2. The highest BCUT2D eigenvalue weighted by Gasteiger charge is 2.51. The summed E-state index contributed by atoms with van der Waals surface area (Å²) in [4.78, 5) is 106. The molecule has 14 N–H and O–H groups in total. The van der Waals surface area contributed by atoms with E-state index in [-0.39, 0.29) is 82.6 Å². The van der Waals surface area contributed by atoms with Crippen LogP contribution in [0.15, 0.2) is 41.2 Å². The number of alkyl halides is 3. The summed E-state index contributed by atoms with van der Waals surface area (Å²) in [6, 6.07) is 0. The van der Waals surface area contributed by atoms with Crippen LogP contribution in [0.3, 0.4) is 0 Å². The number of ether oxygens (including phenoxy) is 4. The van der Waals surface area contributed by atoms with Gasteiger partial charge in [-0.15, -0.1) is 12.8 Å². The van der Waals surface area contributed by atoms with Gasteiger partial charge in [0.15, 0.2) is 33.6 Å². The van der Waals surface area contributed by atoms with Crippen molar-refractivity contribution in [3.8, 4) is 24.7 Å². The first-order valence-electron chi connectivity index (χ1n) is 34.1. The van der Waals surface area contributed by atoms with Gasteiger partial charge in [0.05, 0.1) is 56.0 Å². The van der Waals surface area contributed by atoms with Gasteiger partial charge >= 0.3 is 22.8 Å². The highest BCUT2D eigenvalue weighted by molar-refractivity contribution is 5.74. The molecule has 8 aromatic heterocycles. The SMILES string of the molecule is C#CCn1c(=O)n([C@@H]2O[C@H]([C@@H](O)CC)C[C@H]2C)c2nc(N)ncc21.C#CCn1c(=O)n([C@@H]2O[C@H]([C@@H](O)CC)[C@H](F)[C@H]2C)c2nc(N)ncc21.CCCn1c(=O)n([C@@H]2O[C@H]([C@@H](O)CC)[C@H](F)[C@H]2C)c2nc(N)[nH]c(=O)c21.CC[C@H](O)[C@H]1O[C@@H](n2c(=O)n(CC3CC3)c3c(=O)[nH]c(N)nc32)[C@H](C)[C@H]1F. The first-order chi connectivity index (χ1) is 48.5. The quantitative estimate of drug-likeness (QED) is 0.0549. The first-order valence-corrected chi connectivity index (χ1v) is 34.1. The molecule has 13 rings (SSSR count). The zero-order valence-corrected chi connectivity index (χ0v) is 57.9. The van der Waals surface area contributed by atoms with Crippen LogP contribution in [-0.4, -0.2) is 164 Å². The highest BCUT2D eigenvalue weighted by Crippen LogP contribution is 2.43. The van der Waals surface area contributed by atoms with Crippen LogP contribution < -0.4 is 56.8 Å². The Labute approximate surface area is 579 Å². The van der Waals surface area contributed by atoms with Crippen LogP contribution in [0, 0.1) is 54.3 Å². The summed E-state index contributed by atoms with van der Waals surface area (Å²) in [5.74, 6) is 2.96. The van der Waals surface area contributed by atoms with Crippen molar-refractivity contribution in [2.45, 2.75) is 232 Å². The van der Waals surface area contributed by atoms with E-state index >= 15 is 0 Å². The molecule has 4 aliphatic heterocycles. The number of nitrogen functional groups attached to an aromatic ring is 4. The Morgan fingerprint density at radius 2 is 0.892 bits per heavy atom. The zero-order valence-electron chi connectivity index (χ0n) is 57.9. The molecule has 554 valence electrons. The molecule has 102 heavy (non-hydrogen) atoms. The fraction of sp³-hybridized carbons (Fsp3) is 0.631. The average Bonchev–Trinajstić information content (AvgIpc) is 1.61. The van der Waals surface area contributed by atoms with Crippen molar-refractivity contribution >= 4 is 68.4 Å². The molecule has 5 aliphatic rings. The third-order valence-corrected chi connectivity index (χ3v) is 19.5. The number of anilines is 4. The molecule has 34 nitrogen and oxygen atoms in total. The van der Waals surface area contributed by atoms with Gasteiger partial charge in [0.25, 0.3) is 11.1 Å². The van der Waals surface area contributed by atoms with Gasteiger partial charge in [-0.3, -0.25) is 37.8 Å². The predicted molar refractivity (Wildman–Crippen MR) is 368 cm³/mol. The van der Waals surface area contributed by atoms with E-state index in [1.807, 2.05) is 20.8 Å². The van der Waals surface area contributed by atoms with E-state index < -0.39 is 132 Å². The normalized spacial score (nSPS) is 27.4. The summed E-state index contributed by atoms with van der Waals surface area (Å²) >= 11 is 0. The van der Waals surface area contributed by atoms with Crippen LogP contribution in [0.25, 0.3) is 44.7 Å². The molecule has 19 atom stereocenters. The number of imidazole rings is 4. The van der Waals surface area contributed by atoms with Gasteiger partial charge in [-0.2, -0.15) is 19.9 Å². The monoisotopic (exact) mass is 1430 g/mol. The van der Waals surface area contributed by atoms with Crippen molar-refractivity contribution in [1.82, 2.24) is 76.4 Å². The molecular formula is C65H89F3N20O14. The van der Waals surface area contributed by atoms with Gasteiger partial charge in [0.2, 0.25) is 23.8 Å². The van der Waals surface area contributed by atoms with Gasteiger partial charge in [0, 0.05) is 36.8 Å². The average molecular weight is 1430 g/mol. The summed E-state index contributed by atoms with van der Waals surface area (Å²) in [7, 11) is 0. The molecule has 0 radical (unpaired) electrons. The van der Waals surface area contributed by atoms with Crippen molar-refractivity contribution in [2.75, 3.05) is 22.9 Å². The minimum atomic E-state index is -1.45. The van der Waals surface area contributed by atoms with Crippen LogP contribution >= 0.6 is 0 Å². The molecule has 0 aromatic carbocycles. The number of aliphatic hydroxyl groups excluding tert-OH is 4. The van der Waals surface area contributed by atoms with Gasteiger partial charge < -0.3 is 62.3 Å². The van der Waals surface area contributed by atoms with Crippen LogP contribution in [0.4, 0.5) is 37.0 Å². The molecule has 12 heterocycles. The lowest BCUT2D eigenvalue weighted by atomic mass is 9.99. The van der Waals surface area contributed by atoms with E-state index in [1.165, 1.54) is 48.9 Å². The topological polar surface area (TPSA) is 473 Å². The lowest BCUT2D eigenvalue weighted by Gasteiger charge is -2.19. The third kappa shape index (κ3) is 14.0. The fourth-order valence-corrected chi connectivity index (χ4v) is 13.7. The molecule has 37 heteroatoms. The van der Waals surface area contributed by atoms with E-state index in [4.69, 9.17) is 54.7 Å². The summed E-state index contributed by atoms with van der Waals surface area (Å²) in [5, 5.41) is 40.2. The number of aliphatic hydroxyl groups is 4. The van der Waals surface area contributed by atoms with Crippen LogP contribution in [0.2, 0.25) is 0 Å². The molecule has 8 aromatic rings. The molecule has 1 aliphatic carbocycles. The number of H-pyrrole nitrogens is 2. The molecule has 0 bridgehead atoms. The number of nitrogens with one attached hydrogen (secondary N) is 2. The van der Waals surface area contributed by atoms with Crippen LogP contribution in [0.1, 0.15) is 139 Å². The van der Waals surface area contributed by atoms with Crippen molar-refractivity contribution in [3.05, 3.63) is 75.0 Å². The molecule has 5 fully saturated rings. The molecule has 0 amide bonds. The first kappa shape index (κ1) is 75.5. The molecule has 1 saturated carbocycles. The summed E-state index contributed by atoms with van der Waals surface area (Å²) < 4.78 is 77.7. The van der Waals surface area contributed by atoms with E-state index in [0.29, 0.717) is 74.2 Å². The van der Waals surface area contributed by atoms with E-state index in [9.17, 15) is 62.4 Å². The Morgan fingerprint density at radius 1 is 0.529 bits per heavy atom. The van der Waals surface area contributed by atoms with Gasteiger partial charge in [0.1, 0.15) is 72.8 Å². The largest absolute Gasteiger partial charge is 0.390 e. The Balaban J connectivity index is 0.000000147. The molecule has 4 saturated heterocycles. The number of terminal acetylenes is 2. The zero-order chi connectivity index (χ0) is 74.4. The number of rotatable bonds is 18. The minimum Gasteiger partial charge on any atom is -0.390 e. The Morgan fingerprint density at radius 3 is 1.26 bits per heavy atom. The third-order valence-electron chi connectivity index (χ3n) is 19.5. The maximum absolute atomic E-state index is 14.8. The van der Waals surface area contributed by atoms with Gasteiger partial charge in [-0.25, -0.2) is 60.6 Å². The second kappa shape index (κ2) is 30.8. The van der Waals surface area contributed by atoms with Crippen LogP contribution in [-0.2, 0) is 45.1 Å². The second-order valence-electron chi connectivity index (χ2n) is 26.6. The number of aromatic nitrogens is 16. The standard InChI is InChI=1S/C17H24FN5O4.C16H24FN5O4.C16H20FN5O3.C16H21N5O3/c1-3-9(24)12-10(18)7(2)15(27-12)23-13-11(14(25)21-16(19)20-13)22(17(23)26)6-8-4-5-8;1-4-6-21-10-12(19-15(18)20-13(10)24)22(16(21)25)14-7(3)9(17)11(26-14)8(23)5-2;1-4-6-21-9-7-19-15(18)20-13(9)22(16(21)24)14-8(3)11(17)12(25-14)10(23)5-2;1-4-6-20-10-8-18-15(17)19-13(10)21(16(20)23)14-9(3)7-12(24-14)11(22)5-2/h7-10,12,15,24H,3-6H2,1-2H3,(H3,19,20,21,25);7-9,11,14,23H,4-6H2,1-3H3,(H3,18,19,20,24);1,7-8,10-12,14,23H,5-6H2,2-3H3,(H2,18,19,20);1,8-9,11-12,14,22H,5-7H2,2-3H3,(H2,17,18,19)/t7-,9+,10-,12-,15-;7-,8+,9-,11-,14-;8-,10+,11-,12-,14-;9-,11+,12+,14-/m1111/s1. The Hall–Kier alpha value is -9.21. The van der Waals surface area contributed by atoms with Crippen molar-refractivity contribution in [1.29, 1.82) is 0 Å². The van der Waals surface area contributed by atoms with Gasteiger partial charge in [-0.05, 0) is 57.3 Å². The number of nitrogens with two attached hydrogens (primary N) is 4. The summed E-state index contributed by atoms with van der Waals surface area (Å²) in [5.41, 5.74) is 21.7. The fourth-order valence-electron chi connectivity index (χ4n) is 13.7. The number of hydrogen-bond donors (Lipinski definition) is 10. The Bertz CT molecular complexity index is 4830. The Kier molecular flexibility index (Phi) is 22.8. The van der Waals surface area contributed by atoms with E-state index in [0.717, 1.165) is 12.8 Å². The smallest absolute Gasteiger partial charge is 0.333 e. The molecular weight excluding hydrogens is 1340 g/mol. The van der Waals surface area contributed by atoms with Gasteiger partial charge in [-0.1, -0.05) is 74.2 Å². The van der Waals surface area contributed by atoms with Crippen molar-refractivity contribution in [2.24, 2.45) is 29.6 Å². The maximum Gasteiger partial charge on any atom is 0.333 e.